The lowest BCUT2D eigenvalue weighted by molar-refractivity contribution is 0.553. The van der Waals surface area contributed by atoms with E-state index in [4.69, 9.17) is 5.84 Å². The van der Waals surface area contributed by atoms with Crippen molar-refractivity contribution in [1.29, 1.82) is 0 Å². The average Bonchev–Trinajstić information content (AvgIpc) is 2.87. The smallest absolute Gasteiger partial charge is 0.0511 e. The Morgan fingerprint density at radius 2 is 2.00 bits per heavy atom. The second-order valence-electron chi connectivity index (χ2n) is 4.65. The zero-order valence-electron chi connectivity index (χ0n) is 11.2. The lowest BCUT2D eigenvalue weighted by Crippen LogP contribution is -2.29. The Morgan fingerprint density at radius 3 is 2.63 bits per heavy atom. The van der Waals surface area contributed by atoms with Crippen LogP contribution in [0, 0.1) is 6.92 Å². The van der Waals surface area contributed by atoms with Gasteiger partial charge in [-0.15, -0.1) is 11.3 Å². The van der Waals surface area contributed by atoms with Gasteiger partial charge in [-0.1, -0.05) is 28.9 Å². The summed E-state index contributed by atoms with van der Waals surface area (Å²) in [6, 6.07) is 10.9. The van der Waals surface area contributed by atoms with E-state index in [1.807, 2.05) is 11.3 Å². The molecule has 0 aliphatic carbocycles. The van der Waals surface area contributed by atoms with Gasteiger partial charge in [-0.3, -0.25) is 11.3 Å². The minimum atomic E-state index is 0.154. The molecule has 102 valence electrons. The van der Waals surface area contributed by atoms with Gasteiger partial charge in [0, 0.05) is 20.6 Å². The molecule has 1 aromatic heterocycles. The molecule has 0 bridgehead atoms. The molecule has 0 saturated carbocycles. The van der Waals surface area contributed by atoms with Crippen molar-refractivity contribution in [3.8, 4) is 0 Å². The standard InChI is InChI=1S/C15H19BrN2S/c1-3-12-6-7-13(19-12)9-15(18-17)14-8-11(16)5-4-10(14)2/h4-8,15,18H,3,9,17H2,1-2H3. The first kappa shape index (κ1) is 14.7. The van der Waals surface area contributed by atoms with Gasteiger partial charge in [-0.05, 0) is 48.7 Å². The van der Waals surface area contributed by atoms with E-state index in [-0.39, 0.29) is 6.04 Å². The third kappa shape index (κ3) is 3.66. The first-order valence-corrected chi connectivity index (χ1v) is 8.04. The van der Waals surface area contributed by atoms with Crippen LogP contribution < -0.4 is 11.3 Å². The van der Waals surface area contributed by atoms with Crippen molar-refractivity contribution >= 4 is 27.3 Å². The SMILES string of the molecule is CCc1ccc(CC(NN)c2cc(Br)ccc2C)s1. The molecule has 2 rings (SSSR count). The van der Waals surface area contributed by atoms with Gasteiger partial charge in [0.1, 0.15) is 0 Å². The van der Waals surface area contributed by atoms with E-state index in [0.717, 1.165) is 17.3 Å². The fourth-order valence-electron chi connectivity index (χ4n) is 2.17. The van der Waals surface area contributed by atoms with Crippen molar-refractivity contribution in [1.82, 2.24) is 5.43 Å². The van der Waals surface area contributed by atoms with Crippen LogP contribution in [-0.4, -0.2) is 0 Å². The molecular weight excluding hydrogens is 320 g/mol. The highest BCUT2D eigenvalue weighted by atomic mass is 79.9. The van der Waals surface area contributed by atoms with E-state index in [0.29, 0.717) is 0 Å². The van der Waals surface area contributed by atoms with Crippen LogP contribution >= 0.6 is 27.3 Å². The second-order valence-corrected chi connectivity index (χ2v) is 6.81. The average molecular weight is 339 g/mol. The minimum Gasteiger partial charge on any atom is -0.271 e. The van der Waals surface area contributed by atoms with Gasteiger partial charge < -0.3 is 0 Å². The van der Waals surface area contributed by atoms with Gasteiger partial charge in [0.15, 0.2) is 0 Å². The van der Waals surface area contributed by atoms with E-state index in [2.05, 4.69) is 65.5 Å². The maximum Gasteiger partial charge on any atom is 0.0511 e. The first-order chi connectivity index (χ1) is 9.13. The lowest BCUT2D eigenvalue weighted by Gasteiger charge is -2.18. The monoisotopic (exact) mass is 338 g/mol. The Morgan fingerprint density at radius 1 is 1.26 bits per heavy atom. The van der Waals surface area contributed by atoms with Crippen LogP contribution in [0.2, 0.25) is 0 Å². The Balaban J connectivity index is 2.22. The van der Waals surface area contributed by atoms with Crippen LogP contribution in [0.1, 0.15) is 33.8 Å². The Labute approximate surface area is 127 Å². The summed E-state index contributed by atoms with van der Waals surface area (Å²) in [4.78, 5) is 2.80. The Hall–Kier alpha value is -0.680. The normalized spacial score (nSPS) is 12.6. The highest BCUT2D eigenvalue weighted by Crippen LogP contribution is 2.27. The number of rotatable bonds is 5. The summed E-state index contributed by atoms with van der Waals surface area (Å²) in [5.74, 6) is 5.75. The van der Waals surface area contributed by atoms with Crippen LogP contribution in [0.25, 0.3) is 0 Å². The lowest BCUT2D eigenvalue weighted by atomic mass is 9.99. The van der Waals surface area contributed by atoms with Crippen molar-refractivity contribution < 1.29 is 0 Å². The predicted octanol–water partition coefficient (Wildman–Crippen LogP) is 4.13. The molecule has 2 aromatic rings. The third-order valence-electron chi connectivity index (χ3n) is 3.29. The highest BCUT2D eigenvalue weighted by Gasteiger charge is 2.14. The Kier molecular flexibility index (Phi) is 5.16. The van der Waals surface area contributed by atoms with Gasteiger partial charge in [0.05, 0.1) is 6.04 Å². The number of nitrogens with one attached hydrogen (secondary N) is 1. The van der Waals surface area contributed by atoms with Crippen molar-refractivity contribution in [2.45, 2.75) is 32.7 Å². The van der Waals surface area contributed by atoms with Gasteiger partial charge in [0.25, 0.3) is 0 Å². The molecule has 3 N–H and O–H groups in total. The third-order valence-corrected chi connectivity index (χ3v) is 5.03. The number of nitrogens with two attached hydrogens (primary N) is 1. The van der Waals surface area contributed by atoms with Crippen LogP contribution in [0.3, 0.4) is 0 Å². The molecule has 0 aliphatic heterocycles. The number of hydrogen-bond acceptors (Lipinski definition) is 3. The molecule has 0 aliphatic rings. The number of halogens is 1. The maximum atomic E-state index is 5.75. The molecule has 2 nitrogen and oxygen atoms in total. The maximum absolute atomic E-state index is 5.75. The van der Waals surface area contributed by atoms with Gasteiger partial charge in [-0.25, -0.2) is 0 Å². The van der Waals surface area contributed by atoms with Gasteiger partial charge in [-0.2, -0.15) is 0 Å². The van der Waals surface area contributed by atoms with Crippen LogP contribution in [0.5, 0.6) is 0 Å². The first-order valence-electron chi connectivity index (χ1n) is 6.43. The molecular formula is C15H19BrN2S. The summed E-state index contributed by atoms with van der Waals surface area (Å²) in [6.07, 6.45) is 2.03. The van der Waals surface area contributed by atoms with E-state index < -0.39 is 0 Å². The van der Waals surface area contributed by atoms with Crippen molar-refractivity contribution in [3.05, 3.63) is 55.7 Å². The van der Waals surface area contributed by atoms with E-state index in [9.17, 15) is 0 Å². The molecule has 0 fully saturated rings. The molecule has 1 unspecified atom stereocenters. The fourth-order valence-corrected chi connectivity index (χ4v) is 3.55. The van der Waals surface area contributed by atoms with Gasteiger partial charge >= 0.3 is 0 Å². The zero-order chi connectivity index (χ0) is 13.8. The van der Waals surface area contributed by atoms with E-state index in [1.54, 1.807) is 0 Å². The van der Waals surface area contributed by atoms with Crippen molar-refractivity contribution in [2.24, 2.45) is 5.84 Å². The number of aryl methyl sites for hydroxylation is 2. The predicted molar refractivity (Wildman–Crippen MR) is 86.3 cm³/mol. The highest BCUT2D eigenvalue weighted by molar-refractivity contribution is 9.10. The minimum absolute atomic E-state index is 0.154. The summed E-state index contributed by atoms with van der Waals surface area (Å²) in [6.45, 7) is 4.31. The second kappa shape index (κ2) is 6.66. The summed E-state index contributed by atoms with van der Waals surface area (Å²) in [5, 5.41) is 0. The largest absolute Gasteiger partial charge is 0.271 e. The molecule has 0 radical (unpaired) electrons. The zero-order valence-corrected chi connectivity index (χ0v) is 13.6. The molecule has 0 spiro atoms. The summed E-state index contributed by atoms with van der Waals surface area (Å²) in [7, 11) is 0. The Bertz CT molecular complexity index is 551. The van der Waals surface area contributed by atoms with Gasteiger partial charge in [0.2, 0.25) is 0 Å². The van der Waals surface area contributed by atoms with Crippen LogP contribution in [0.4, 0.5) is 0 Å². The number of hydrazine groups is 1. The number of hydrogen-bond donors (Lipinski definition) is 2. The fraction of sp³-hybridized carbons (Fsp3) is 0.333. The van der Waals surface area contributed by atoms with Crippen LogP contribution in [-0.2, 0) is 12.8 Å². The summed E-state index contributed by atoms with van der Waals surface area (Å²) in [5.41, 5.74) is 5.46. The van der Waals surface area contributed by atoms with Crippen LogP contribution in [0.15, 0.2) is 34.8 Å². The summed E-state index contributed by atoms with van der Waals surface area (Å²) < 4.78 is 1.09. The number of benzene rings is 1. The molecule has 1 aromatic carbocycles. The quantitative estimate of drug-likeness (QED) is 0.635. The topological polar surface area (TPSA) is 38.0 Å². The molecule has 0 amide bonds. The number of thiophene rings is 1. The van der Waals surface area contributed by atoms with Crippen molar-refractivity contribution in [2.75, 3.05) is 0 Å². The molecule has 19 heavy (non-hydrogen) atoms. The molecule has 4 heteroatoms. The van der Waals surface area contributed by atoms with E-state index >= 15 is 0 Å². The van der Waals surface area contributed by atoms with E-state index in [1.165, 1.54) is 20.9 Å². The van der Waals surface area contributed by atoms with Crippen molar-refractivity contribution in [3.63, 3.8) is 0 Å². The summed E-state index contributed by atoms with van der Waals surface area (Å²) >= 11 is 5.40. The molecule has 1 atom stereocenters. The molecule has 0 saturated heterocycles. The molecule has 1 heterocycles.